The Bertz CT molecular complexity index is 1010. The molecule has 25 heavy (non-hydrogen) atoms. The number of aromatic nitrogens is 4. The van der Waals surface area contributed by atoms with Crippen molar-refractivity contribution in [2.24, 2.45) is 0 Å². The van der Waals surface area contributed by atoms with Crippen LogP contribution in [0.3, 0.4) is 0 Å². The summed E-state index contributed by atoms with van der Waals surface area (Å²) < 4.78 is 0. The van der Waals surface area contributed by atoms with E-state index >= 15 is 0 Å². The van der Waals surface area contributed by atoms with E-state index in [2.05, 4.69) is 24.8 Å². The number of benzene rings is 1. The fourth-order valence-electron chi connectivity index (χ4n) is 3.01. The fraction of sp³-hybridized carbons (Fsp3) is 0.188. The number of nitrogen functional groups attached to an aromatic ring is 2. The van der Waals surface area contributed by atoms with Crippen molar-refractivity contribution in [1.82, 2.24) is 19.9 Å². The van der Waals surface area contributed by atoms with Crippen LogP contribution < -0.4 is 16.4 Å². The molecule has 0 unspecified atom stereocenters. The maximum Gasteiger partial charge on any atom is 0.252 e. The van der Waals surface area contributed by atoms with Gasteiger partial charge in [-0.25, -0.2) is 9.97 Å². The SMILES string of the molecule is Nc1nc(N)c2nc(CN3CCc4cc(C(=O)Cl)ccc43)cnc2n1. The van der Waals surface area contributed by atoms with E-state index < -0.39 is 5.24 Å². The predicted octanol–water partition coefficient (Wildman–Crippen LogP) is 1.53. The number of nitrogens with two attached hydrogens (primary N) is 2. The van der Waals surface area contributed by atoms with Crippen molar-refractivity contribution in [3.63, 3.8) is 0 Å². The van der Waals surface area contributed by atoms with E-state index in [0.29, 0.717) is 23.3 Å². The molecule has 3 aromatic rings. The van der Waals surface area contributed by atoms with Crippen molar-refractivity contribution in [3.8, 4) is 0 Å². The zero-order valence-corrected chi connectivity index (χ0v) is 13.9. The lowest BCUT2D eigenvalue weighted by molar-refractivity contribution is 0.108. The predicted molar refractivity (Wildman–Crippen MR) is 95.3 cm³/mol. The second-order valence-corrected chi connectivity index (χ2v) is 6.13. The average molecular weight is 356 g/mol. The normalized spacial score (nSPS) is 13.2. The first-order valence-corrected chi connectivity index (χ1v) is 8.01. The number of carbonyl (C=O) groups is 1. The Kier molecular flexibility index (Phi) is 3.61. The Balaban J connectivity index is 1.64. The van der Waals surface area contributed by atoms with E-state index in [4.69, 9.17) is 23.1 Å². The Morgan fingerprint density at radius 3 is 2.88 bits per heavy atom. The van der Waals surface area contributed by atoms with Crippen LogP contribution >= 0.6 is 11.6 Å². The molecule has 4 N–H and O–H groups in total. The maximum atomic E-state index is 11.3. The minimum absolute atomic E-state index is 0.0742. The van der Waals surface area contributed by atoms with Crippen LogP contribution in [0.4, 0.5) is 17.5 Å². The molecule has 8 nitrogen and oxygen atoms in total. The Labute approximate surface area is 147 Å². The topological polar surface area (TPSA) is 124 Å². The number of carbonyl (C=O) groups excluding carboxylic acids is 1. The Morgan fingerprint density at radius 2 is 2.08 bits per heavy atom. The summed E-state index contributed by atoms with van der Waals surface area (Å²) in [5, 5.41) is -0.448. The summed E-state index contributed by atoms with van der Waals surface area (Å²) in [6.07, 6.45) is 2.50. The molecule has 0 radical (unpaired) electrons. The minimum Gasteiger partial charge on any atom is -0.382 e. The number of nitrogens with zero attached hydrogens (tertiary/aromatic N) is 5. The standard InChI is InChI=1S/C16H14ClN7O/c17-13(25)9-1-2-11-8(5-9)3-4-24(11)7-10-6-20-15-12(21-10)14(18)22-16(19)23-15/h1-2,5-6H,3-4,7H2,(H4,18,19,20,22,23). The molecule has 3 heterocycles. The monoisotopic (exact) mass is 355 g/mol. The quantitative estimate of drug-likeness (QED) is 0.678. The average Bonchev–Trinajstić information content (AvgIpc) is 2.97. The van der Waals surface area contributed by atoms with Gasteiger partial charge in [-0.3, -0.25) is 4.79 Å². The molecule has 0 bridgehead atoms. The molecular weight excluding hydrogens is 342 g/mol. The first-order valence-electron chi connectivity index (χ1n) is 7.63. The van der Waals surface area contributed by atoms with Gasteiger partial charge in [-0.2, -0.15) is 9.97 Å². The van der Waals surface area contributed by atoms with Crippen LogP contribution in [0, 0.1) is 0 Å². The molecule has 0 amide bonds. The molecule has 0 saturated heterocycles. The van der Waals surface area contributed by atoms with Gasteiger partial charge in [0.05, 0.1) is 18.4 Å². The summed E-state index contributed by atoms with van der Waals surface area (Å²) in [5.41, 5.74) is 15.7. The highest BCUT2D eigenvalue weighted by Crippen LogP contribution is 2.30. The molecule has 0 saturated carbocycles. The van der Waals surface area contributed by atoms with Crippen LogP contribution in [0.1, 0.15) is 21.6 Å². The number of rotatable bonds is 3. The summed E-state index contributed by atoms with van der Waals surface area (Å²) in [6.45, 7) is 1.39. The van der Waals surface area contributed by atoms with E-state index in [0.717, 1.165) is 29.9 Å². The Hall–Kier alpha value is -3.00. The number of anilines is 3. The van der Waals surface area contributed by atoms with Gasteiger partial charge >= 0.3 is 0 Å². The molecule has 0 spiro atoms. The van der Waals surface area contributed by atoms with Crippen LogP contribution in [0.2, 0.25) is 0 Å². The van der Waals surface area contributed by atoms with Crippen molar-refractivity contribution in [2.45, 2.75) is 13.0 Å². The summed E-state index contributed by atoms with van der Waals surface area (Å²) in [6, 6.07) is 5.48. The molecule has 9 heteroatoms. The molecule has 0 fully saturated rings. The first-order chi connectivity index (χ1) is 12.0. The van der Waals surface area contributed by atoms with Crippen molar-refractivity contribution in [1.29, 1.82) is 0 Å². The maximum absolute atomic E-state index is 11.3. The van der Waals surface area contributed by atoms with Gasteiger partial charge in [0.2, 0.25) is 5.95 Å². The third-order valence-electron chi connectivity index (χ3n) is 4.15. The van der Waals surface area contributed by atoms with Crippen LogP contribution in [0.15, 0.2) is 24.4 Å². The highest BCUT2D eigenvalue weighted by Gasteiger charge is 2.21. The lowest BCUT2D eigenvalue weighted by Gasteiger charge is -2.19. The molecule has 1 aliphatic rings. The van der Waals surface area contributed by atoms with E-state index in [1.165, 1.54) is 0 Å². The molecule has 4 rings (SSSR count). The fourth-order valence-corrected chi connectivity index (χ4v) is 3.13. The zero-order valence-electron chi connectivity index (χ0n) is 13.1. The van der Waals surface area contributed by atoms with E-state index in [1.807, 2.05) is 12.1 Å². The third kappa shape index (κ3) is 2.80. The highest BCUT2D eigenvalue weighted by atomic mass is 35.5. The van der Waals surface area contributed by atoms with Gasteiger partial charge in [0.1, 0.15) is 0 Å². The molecule has 1 aliphatic heterocycles. The summed E-state index contributed by atoms with van der Waals surface area (Å²) >= 11 is 5.55. The van der Waals surface area contributed by atoms with Crippen LogP contribution in [-0.2, 0) is 13.0 Å². The van der Waals surface area contributed by atoms with Gasteiger partial charge in [-0.05, 0) is 41.8 Å². The van der Waals surface area contributed by atoms with Crippen LogP contribution in [0.5, 0.6) is 0 Å². The first kappa shape index (κ1) is 15.5. The number of hydrogen-bond donors (Lipinski definition) is 2. The lowest BCUT2D eigenvalue weighted by Crippen LogP contribution is -2.20. The van der Waals surface area contributed by atoms with Crippen LogP contribution in [0.25, 0.3) is 11.2 Å². The largest absolute Gasteiger partial charge is 0.382 e. The number of hydrogen-bond acceptors (Lipinski definition) is 8. The van der Waals surface area contributed by atoms with Gasteiger partial charge in [-0.15, -0.1) is 0 Å². The molecular formula is C16H14ClN7O. The van der Waals surface area contributed by atoms with Crippen molar-refractivity contribution < 1.29 is 4.79 Å². The molecule has 0 aliphatic carbocycles. The van der Waals surface area contributed by atoms with Crippen molar-refractivity contribution in [2.75, 3.05) is 22.9 Å². The third-order valence-corrected chi connectivity index (χ3v) is 4.37. The van der Waals surface area contributed by atoms with E-state index in [-0.39, 0.29) is 11.8 Å². The molecule has 1 aromatic carbocycles. The van der Waals surface area contributed by atoms with Crippen molar-refractivity contribution in [3.05, 3.63) is 41.2 Å². The van der Waals surface area contributed by atoms with Gasteiger partial charge in [-0.1, -0.05) is 0 Å². The van der Waals surface area contributed by atoms with Gasteiger partial charge in [0.25, 0.3) is 5.24 Å². The van der Waals surface area contributed by atoms with Crippen LogP contribution in [-0.4, -0.2) is 31.7 Å². The zero-order chi connectivity index (χ0) is 17.6. The Morgan fingerprint density at radius 1 is 1.24 bits per heavy atom. The second-order valence-electron chi connectivity index (χ2n) is 5.79. The summed E-state index contributed by atoms with van der Waals surface area (Å²) in [5.74, 6) is 0.286. The summed E-state index contributed by atoms with van der Waals surface area (Å²) in [4.78, 5) is 30.2. The number of fused-ring (bicyclic) bond motifs is 2. The van der Waals surface area contributed by atoms with Gasteiger partial charge < -0.3 is 16.4 Å². The summed E-state index contributed by atoms with van der Waals surface area (Å²) in [7, 11) is 0. The van der Waals surface area contributed by atoms with Crippen molar-refractivity contribution >= 4 is 45.5 Å². The van der Waals surface area contributed by atoms with E-state index in [1.54, 1.807) is 12.3 Å². The number of halogens is 1. The smallest absolute Gasteiger partial charge is 0.252 e. The highest BCUT2D eigenvalue weighted by molar-refractivity contribution is 6.67. The lowest BCUT2D eigenvalue weighted by atomic mass is 10.1. The molecule has 2 aromatic heterocycles. The van der Waals surface area contributed by atoms with Gasteiger partial charge in [0, 0.05) is 17.8 Å². The molecule has 126 valence electrons. The second kappa shape index (κ2) is 5.82. The molecule has 0 atom stereocenters. The minimum atomic E-state index is -0.448. The van der Waals surface area contributed by atoms with E-state index in [9.17, 15) is 4.79 Å². The van der Waals surface area contributed by atoms with Gasteiger partial charge in [0.15, 0.2) is 17.0 Å².